The normalized spacial score (nSPS) is 21.5. The van der Waals surface area contributed by atoms with Crippen molar-refractivity contribution in [3.63, 3.8) is 0 Å². The number of nitrogens with one attached hydrogen (secondary N) is 1. The van der Waals surface area contributed by atoms with Crippen molar-refractivity contribution in [3.8, 4) is 0 Å². The molecule has 0 aliphatic carbocycles. The zero-order valence-electron chi connectivity index (χ0n) is 12.7. The molecule has 1 saturated heterocycles. The smallest absolute Gasteiger partial charge is 0.256 e. The van der Waals surface area contributed by atoms with Crippen LogP contribution in [0.25, 0.3) is 0 Å². The number of fused-ring (bicyclic) bond motifs is 3. The Hall–Kier alpha value is -1.98. The SMILES string of the molecule is O=C(NCc1ccc(Cl)cc1)[C@H]1CS[C@H]2c3ccccc3C(=O)N12. The lowest BCUT2D eigenvalue weighted by molar-refractivity contribution is -0.124. The van der Waals surface area contributed by atoms with Crippen molar-refractivity contribution in [2.45, 2.75) is 18.0 Å². The second kappa shape index (κ2) is 6.15. The van der Waals surface area contributed by atoms with Gasteiger partial charge in [0.15, 0.2) is 0 Å². The Morgan fingerprint density at radius 2 is 1.96 bits per heavy atom. The maximum atomic E-state index is 12.6. The van der Waals surface area contributed by atoms with E-state index >= 15 is 0 Å². The van der Waals surface area contributed by atoms with Gasteiger partial charge < -0.3 is 10.2 Å². The third kappa shape index (κ3) is 2.58. The Labute approximate surface area is 149 Å². The van der Waals surface area contributed by atoms with Gasteiger partial charge in [0.2, 0.25) is 5.91 Å². The fraction of sp³-hybridized carbons (Fsp3) is 0.222. The Kier molecular flexibility index (Phi) is 3.98. The summed E-state index contributed by atoms with van der Waals surface area (Å²) in [6, 6.07) is 14.5. The van der Waals surface area contributed by atoms with Crippen LogP contribution in [0, 0.1) is 0 Å². The summed E-state index contributed by atoms with van der Waals surface area (Å²) in [4.78, 5) is 26.9. The standard InChI is InChI=1S/C18H15ClN2O2S/c19-12-7-5-11(6-8-12)9-20-16(22)15-10-24-18-14-4-2-1-3-13(14)17(23)21(15)18/h1-8,15,18H,9-10H2,(H,20,22)/t15-,18+/m1/s1. The maximum absolute atomic E-state index is 12.6. The summed E-state index contributed by atoms with van der Waals surface area (Å²) >= 11 is 7.51. The van der Waals surface area contributed by atoms with Crippen molar-refractivity contribution in [2.75, 3.05) is 5.75 Å². The molecular weight excluding hydrogens is 344 g/mol. The van der Waals surface area contributed by atoms with Crippen molar-refractivity contribution >= 4 is 35.2 Å². The average Bonchev–Trinajstić information content (AvgIpc) is 3.15. The lowest BCUT2D eigenvalue weighted by Crippen LogP contribution is -2.45. The molecule has 0 bridgehead atoms. The molecule has 0 spiro atoms. The molecule has 0 radical (unpaired) electrons. The molecule has 2 aliphatic rings. The van der Waals surface area contributed by atoms with Crippen LogP contribution in [0.15, 0.2) is 48.5 Å². The molecule has 2 aromatic rings. The Balaban J connectivity index is 1.47. The van der Waals surface area contributed by atoms with Crippen LogP contribution < -0.4 is 5.32 Å². The molecule has 2 heterocycles. The number of thioether (sulfide) groups is 1. The van der Waals surface area contributed by atoms with Gasteiger partial charge in [0.25, 0.3) is 5.91 Å². The van der Waals surface area contributed by atoms with Gasteiger partial charge in [-0.3, -0.25) is 9.59 Å². The molecule has 0 unspecified atom stereocenters. The van der Waals surface area contributed by atoms with Gasteiger partial charge in [-0.05, 0) is 29.3 Å². The topological polar surface area (TPSA) is 49.4 Å². The molecular formula is C18H15ClN2O2S. The molecule has 1 N–H and O–H groups in total. The Bertz CT molecular complexity index is 809. The number of hydrogen-bond donors (Lipinski definition) is 1. The van der Waals surface area contributed by atoms with E-state index in [2.05, 4.69) is 5.32 Å². The minimum atomic E-state index is -0.424. The van der Waals surface area contributed by atoms with Crippen molar-refractivity contribution < 1.29 is 9.59 Å². The number of hydrogen-bond acceptors (Lipinski definition) is 3. The highest BCUT2D eigenvalue weighted by atomic mass is 35.5. The summed E-state index contributed by atoms with van der Waals surface area (Å²) in [6.07, 6.45) is 0. The zero-order chi connectivity index (χ0) is 16.7. The third-order valence-electron chi connectivity index (χ3n) is 4.37. The first kappa shape index (κ1) is 15.5. The van der Waals surface area contributed by atoms with Gasteiger partial charge in [-0.15, -0.1) is 11.8 Å². The lowest BCUT2D eigenvalue weighted by Gasteiger charge is -2.22. The number of rotatable bonds is 3. The summed E-state index contributed by atoms with van der Waals surface area (Å²) < 4.78 is 0. The summed E-state index contributed by atoms with van der Waals surface area (Å²) in [5.41, 5.74) is 2.71. The average molecular weight is 359 g/mol. The summed E-state index contributed by atoms with van der Waals surface area (Å²) in [5.74, 6) is 0.463. The van der Waals surface area contributed by atoms with Gasteiger partial charge in [0.05, 0.1) is 0 Å². The number of halogens is 1. The van der Waals surface area contributed by atoms with E-state index in [1.807, 2.05) is 36.4 Å². The Morgan fingerprint density at radius 3 is 2.75 bits per heavy atom. The predicted octanol–water partition coefficient (Wildman–Crippen LogP) is 3.23. The highest BCUT2D eigenvalue weighted by molar-refractivity contribution is 7.99. The lowest BCUT2D eigenvalue weighted by atomic mass is 10.1. The van der Waals surface area contributed by atoms with Gasteiger partial charge in [-0.1, -0.05) is 41.9 Å². The summed E-state index contributed by atoms with van der Waals surface area (Å²) in [6.45, 7) is 0.427. The molecule has 4 rings (SSSR count). The fourth-order valence-electron chi connectivity index (χ4n) is 3.15. The van der Waals surface area contributed by atoms with E-state index in [0.29, 0.717) is 22.9 Å². The molecule has 1 fully saturated rings. The molecule has 122 valence electrons. The van der Waals surface area contributed by atoms with Crippen molar-refractivity contribution in [3.05, 3.63) is 70.2 Å². The molecule has 4 nitrogen and oxygen atoms in total. The van der Waals surface area contributed by atoms with E-state index < -0.39 is 6.04 Å². The first-order valence-corrected chi connectivity index (χ1v) is 9.13. The molecule has 2 amide bonds. The van der Waals surface area contributed by atoms with Gasteiger partial charge in [-0.25, -0.2) is 0 Å². The number of benzene rings is 2. The van der Waals surface area contributed by atoms with E-state index in [4.69, 9.17) is 11.6 Å². The van der Waals surface area contributed by atoms with E-state index in [9.17, 15) is 9.59 Å². The van der Waals surface area contributed by atoms with E-state index in [-0.39, 0.29) is 17.2 Å². The van der Waals surface area contributed by atoms with E-state index in [1.165, 1.54) is 0 Å². The van der Waals surface area contributed by atoms with Gasteiger partial charge in [-0.2, -0.15) is 0 Å². The molecule has 2 atom stereocenters. The van der Waals surface area contributed by atoms with Crippen LogP contribution in [0.4, 0.5) is 0 Å². The van der Waals surface area contributed by atoms with Crippen LogP contribution >= 0.6 is 23.4 Å². The fourth-order valence-corrected chi connectivity index (χ4v) is 4.74. The molecule has 2 aromatic carbocycles. The third-order valence-corrected chi connectivity index (χ3v) is 5.93. The monoisotopic (exact) mass is 358 g/mol. The Morgan fingerprint density at radius 1 is 1.21 bits per heavy atom. The van der Waals surface area contributed by atoms with Gasteiger partial charge in [0, 0.05) is 22.9 Å². The first-order chi connectivity index (χ1) is 11.6. The van der Waals surface area contributed by atoms with Crippen molar-refractivity contribution in [1.82, 2.24) is 10.2 Å². The number of carbonyl (C=O) groups excluding carboxylic acids is 2. The van der Waals surface area contributed by atoms with Crippen LogP contribution in [-0.2, 0) is 11.3 Å². The van der Waals surface area contributed by atoms with Crippen LogP contribution in [0.3, 0.4) is 0 Å². The summed E-state index contributed by atoms with van der Waals surface area (Å²) in [7, 11) is 0. The highest BCUT2D eigenvalue weighted by Crippen LogP contribution is 2.47. The highest BCUT2D eigenvalue weighted by Gasteiger charge is 2.48. The van der Waals surface area contributed by atoms with Crippen LogP contribution in [0.5, 0.6) is 0 Å². The van der Waals surface area contributed by atoms with Gasteiger partial charge in [0.1, 0.15) is 11.4 Å². The number of carbonyl (C=O) groups is 2. The molecule has 6 heteroatoms. The zero-order valence-corrected chi connectivity index (χ0v) is 14.3. The largest absolute Gasteiger partial charge is 0.350 e. The molecule has 0 saturated carbocycles. The predicted molar refractivity (Wildman–Crippen MR) is 94.9 cm³/mol. The number of nitrogens with zero attached hydrogens (tertiary/aromatic N) is 1. The van der Waals surface area contributed by atoms with Crippen molar-refractivity contribution in [1.29, 1.82) is 0 Å². The summed E-state index contributed by atoms with van der Waals surface area (Å²) in [5, 5.41) is 3.56. The van der Waals surface area contributed by atoms with E-state index in [1.54, 1.807) is 28.8 Å². The molecule has 2 aliphatic heterocycles. The van der Waals surface area contributed by atoms with Crippen LogP contribution in [0.2, 0.25) is 5.02 Å². The maximum Gasteiger partial charge on any atom is 0.256 e. The molecule has 0 aromatic heterocycles. The van der Waals surface area contributed by atoms with Gasteiger partial charge >= 0.3 is 0 Å². The van der Waals surface area contributed by atoms with Crippen LogP contribution in [0.1, 0.15) is 26.9 Å². The number of amides is 2. The quantitative estimate of drug-likeness (QED) is 0.916. The second-order valence-electron chi connectivity index (χ2n) is 5.85. The second-order valence-corrected chi connectivity index (χ2v) is 7.40. The van der Waals surface area contributed by atoms with Crippen LogP contribution in [-0.4, -0.2) is 28.5 Å². The van der Waals surface area contributed by atoms with Crippen molar-refractivity contribution in [2.24, 2.45) is 0 Å². The minimum absolute atomic E-state index is 0.0417. The minimum Gasteiger partial charge on any atom is -0.350 e. The first-order valence-electron chi connectivity index (χ1n) is 7.70. The molecule has 24 heavy (non-hydrogen) atoms. The van der Waals surface area contributed by atoms with E-state index in [0.717, 1.165) is 11.1 Å².